The topological polar surface area (TPSA) is 85.7 Å². The molecule has 1 aliphatic rings. The first kappa shape index (κ1) is 18.2. The lowest BCUT2D eigenvalue weighted by Crippen LogP contribution is -1.89. The number of nitrogens with zero attached hydrogens (tertiary/aromatic N) is 2. The van der Waals surface area contributed by atoms with Crippen LogP contribution in [0.2, 0.25) is 5.02 Å². The number of thioether (sulfide) groups is 1. The summed E-state index contributed by atoms with van der Waals surface area (Å²) >= 11 is 7.42. The molecule has 0 bridgehead atoms. The third-order valence-corrected chi connectivity index (χ3v) is 5.32. The molecule has 1 aromatic heterocycles. The first-order chi connectivity index (χ1) is 13.5. The van der Waals surface area contributed by atoms with E-state index in [0.29, 0.717) is 27.0 Å². The summed E-state index contributed by atoms with van der Waals surface area (Å²) in [7, 11) is 0. The molecule has 0 fully saturated rings. The van der Waals surface area contributed by atoms with Crippen molar-refractivity contribution in [3.63, 3.8) is 0 Å². The van der Waals surface area contributed by atoms with Gasteiger partial charge in [-0.05, 0) is 18.2 Å². The van der Waals surface area contributed by atoms with Gasteiger partial charge in [-0.1, -0.05) is 53.7 Å². The second-order valence-corrected chi connectivity index (χ2v) is 7.26. The summed E-state index contributed by atoms with van der Waals surface area (Å²) in [6.07, 6.45) is 1.62. The fourth-order valence-corrected chi connectivity index (χ4v) is 3.80. The van der Waals surface area contributed by atoms with Crippen LogP contribution >= 0.6 is 23.4 Å². The minimum absolute atomic E-state index is 0.0961. The Hall–Kier alpha value is -3.16. The van der Waals surface area contributed by atoms with Crippen molar-refractivity contribution in [1.29, 1.82) is 0 Å². The van der Waals surface area contributed by atoms with Crippen molar-refractivity contribution in [3.8, 4) is 11.3 Å². The van der Waals surface area contributed by atoms with Crippen LogP contribution in [-0.2, 0) is 4.79 Å². The number of benzene rings is 2. The number of carbonyl (C=O) groups is 1. The lowest BCUT2D eigenvalue weighted by Gasteiger charge is -2.00. The van der Waals surface area contributed by atoms with E-state index in [-0.39, 0.29) is 16.6 Å². The van der Waals surface area contributed by atoms with Crippen molar-refractivity contribution < 1.29 is 14.1 Å². The molecule has 0 saturated carbocycles. The SMILES string of the molecule is O=C1N=C(c2ccccc2)S/C1=C/c1ccc(-c2ccc([N+](=O)[O-])cc2Cl)o1. The molecule has 28 heavy (non-hydrogen) atoms. The number of hydrogen-bond acceptors (Lipinski definition) is 5. The Labute approximate surface area is 168 Å². The highest BCUT2D eigenvalue weighted by molar-refractivity contribution is 8.19. The fourth-order valence-electron chi connectivity index (χ4n) is 2.64. The Balaban J connectivity index is 1.57. The van der Waals surface area contributed by atoms with Crippen LogP contribution in [0.5, 0.6) is 0 Å². The number of amides is 1. The Morgan fingerprint density at radius 2 is 1.89 bits per heavy atom. The van der Waals surface area contributed by atoms with Crippen LogP contribution in [0.25, 0.3) is 17.4 Å². The molecule has 2 heterocycles. The molecule has 3 aromatic rings. The number of hydrogen-bond donors (Lipinski definition) is 0. The van der Waals surface area contributed by atoms with E-state index >= 15 is 0 Å². The van der Waals surface area contributed by atoms with Crippen molar-refractivity contribution in [2.24, 2.45) is 4.99 Å². The van der Waals surface area contributed by atoms with Gasteiger partial charge in [-0.25, -0.2) is 4.99 Å². The maximum atomic E-state index is 12.2. The van der Waals surface area contributed by atoms with Gasteiger partial charge in [-0.15, -0.1) is 0 Å². The van der Waals surface area contributed by atoms with Crippen molar-refractivity contribution >= 4 is 46.1 Å². The van der Waals surface area contributed by atoms with Gasteiger partial charge < -0.3 is 4.42 Å². The first-order valence-corrected chi connectivity index (χ1v) is 9.33. The molecule has 138 valence electrons. The van der Waals surface area contributed by atoms with Crippen LogP contribution in [0.15, 0.2) is 75.0 Å². The van der Waals surface area contributed by atoms with Gasteiger partial charge in [0.2, 0.25) is 0 Å². The Kier molecular flexibility index (Phi) is 4.85. The first-order valence-electron chi connectivity index (χ1n) is 8.13. The van der Waals surface area contributed by atoms with Crippen molar-refractivity contribution in [3.05, 3.63) is 92.0 Å². The minimum atomic E-state index is -0.513. The zero-order valence-electron chi connectivity index (χ0n) is 14.2. The standard InChI is InChI=1S/C20H11ClN2O4S/c21-16-10-13(23(25)26)6-8-15(16)17-9-7-14(27-17)11-18-19(24)22-20(28-18)12-4-2-1-3-5-12/h1-11H/b18-11+. The summed E-state index contributed by atoms with van der Waals surface area (Å²) in [4.78, 5) is 27.0. The second kappa shape index (κ2) is 7.46. The summed E-state index contributed by atoms with van der Waals surface area (Å²) < 4.78 is 5.75. The zero-order valence-corrected chi connectivity index (χ0v) is 15.7. The van der Waals surface area contributed by atoms with Crippen LogP contribution < -0.4 is 0 Å². The van der Waals surface area contributed by atoms with Gasteiger partial charge in [0.25, 0.3) is 11.6 Å². The molecular weight excluding hydrogens is 400 g/mol. The molecule has 8 heteroatoms. The van der Waals surface area contributed by atoms with Gasteiger partial charge in [-0.2, -0.15) is 0 Å². The summed E-state index contributed by atoms with van der Waals surface area (Å²) in [6, 6.07) is 17.0. The van der Waals surface area contributed by atoms with E-state index in [4.69, 9.17) is 16.0 Å². The molecule has 6 nitrogen and oxygen atoms in total. The van der Waals surface area contributed by atoms with E-state index in [2.05, 4.69) is 4.99 Å². The molecule has 4 rings (SSSR count). The molecule has 1 amide bonds. The van der Waals surface area contributed by atoms with E-state index in [1.54, 1.807) is 18.2 Å². The molecule has 0 aliphatic carbocycles. The molecule has 1 aliphatic heterocycles. The minimum Gasteiger partial charge on any atom is -0.457 e. The van der Waals surface area contributed by atoms with E-state index in [1.165, 1.54) is 30.0 Å². The van der Waals surface area contributed by atoms with Gasteiger partial charge in [0, 0.05) is 29.3 Å². The summed E-state index contributed by atoms with van der Waals surface area (Å²) in [6.45, 7) is 0. The highest BCUT2D eigenvalue weighted by atomic mass is 35.5. The Bertz CT molecular complexity index is 1150. The van der Waals surface area contributed by atoms with Gasteiger partial charge >= 0.3 is 0 Å². The quantitative estimate of drug-likeness (QED) is 0.319. The van der Waals surface area contributed by atoms with Gasteiger partial charge in [0.05, 0.1) is 14.9 Å². The third-order valence-electron chi connectivity index (χ3n) is 3.97. The van der Waals surface area contributed by atoms with E-state index < -0.39 is 4.92 Å². The smallest absolute Gasteiger partial charge is 0.285 e. The van der Waals surface area contributed by atoms with Gasteiger partial charge in [0.15, 0.2) is 0 Å². The van der Waals surface area contributed by atoms with Crippen molar-refractivity contribution in [1.82, 2.24) is 0 Å². The maximum absolute atomic E-state index is 12.2. The van der Waals surface area contributed by atoms with Crippen LogP contribution in [0.1, 0.15) is 11.3 Å². The lowest BCUT2D eigenvalue weighted by atomic mass is 10.1. The predicted molar refractivity (Wildman–Crippen MR) is 109 cm³/mol. The molecule has 0 spiro atoms. The largest absolute Gasteiger partial charge is 0.457 e. The number of carbonyl (C=O) groups excluding carboxylic acids is 1. The highest BCUT2D eigenvalue weighted by Crippen LogP contribution is 2.35. The van der Waals surface area contributed by atoms with Crippen LogP contribution in [-0.4, -0.2) is 15.9 Å². The van der Waals surface area contributed by atoms with Gasteiger partial charge in [-0.3, -0.25) is 14.9 Å². The summed E-state index contributed by atoms with van der Waals surface area (Å²) in [5, 5.41) is 11.7. The number of nitro benzene ring substituents is 1. The molecule has 0 unspecified atom stereocenters. The Morgan fingerprint density at radius 3 is 2.61 bits per heavy atom. The van der Waals surface area contributed by atoms with Crippen LogP contribution in [0.4, 0.5) is 5.69 Å². The maximum Gasteiger partial charge on any atom is 0.285 e. The zero-order chi connectivity index (χ0) is 19.7. The van der Waals surface area contributed by atoms with Crippen LogP contribution in [0.3, 0.4) is 0 Å². The lowest BCUT2D eigenvalue weighted by molar-refractivity contribution is -0.384. The van der Waals surface area contributed by atoms with Crippen molar-refractivity contribution in [2.45, 2.75) is 0 Å². The van der Waals surface area contributed by atoms with Crippen molar-refractivity contribution in [2.75, 3.05) is 0 Å². The monoisotopic (exact) mass is 410 g/mol. The molecule has 2 aromatic carbocycles. The average Bonchev–Trinajstić information content (AvgIpc) is 3.30. The number of halogens is 1. The summed E-state index contributed by atoms with van der Waals surface area (Å²) in [5.74, 6) is 0.589. The number of aliphatic imine (C=N–C) groups is 1. The third kappa shape index (κ3) is 3.62. The molecule has 0 saturated heterocycles. The highest BCUT2D eigenvalue weighted by Gasteiger charge is 2.23. The number of furan rings is 1. The summed E-state index contributed by atoms with van der Waals surface area (Å²) in [5.41, 5.74) is 1.31. The van der Waals surface area contributed by atoms with E-state index in [9.17, 15) is 14.9 Å². The Morgan fingerprint density at radius 1 is 1.11 bits per heavy atom. The fraction of sp³-hybridized carbons (Fsp3) is 0. The normalized spacial score (nSPS) is 15.1. The second-order valence-electron chi connectivity index (χ2n) is 5.82. The molecular formula is C20H11ClN2O4S. The number of rotatable bonds is 4. The predicted octanol–water partition coefficient (Wildman–Crippen LogP) is 5.57. The van der Waals surface area contributed by atoms with E-state index in [1.807, 2.05) is 30.3 Å². The van der Waals surface area contributed by atoms with Crippen LogP contribution in [0, 0.1) is 10.1 Å². The molecule has 0 atom stereocenters. The molecule has 0 N–H and O–H groups in total. The van der Waals surface area contributed by atoms with E-state index in [0.717, 1.165) is 5.56 Å². The van der Waals surface area contributed by atoms with Gasteiger partial charge in [0.1, 0.15) is 16.6 Å². The average molecular weight is 411 g/mol. The number of nitro groups is 1. The number of non-ortho nitro benzene ring substituents is 1. The molecule has 0 radical (unpaired) electrons.